The van der Waals surface area contributed by atoms with Crippen LogP contribution < -0.4 is 4.72 Å². The number of nitrogens with one attached hydrogen (secondary N) is 1. The molecule has 8 atom stereocenters. The maximum absolute atomic E-state index is 12.3. The second-order valence-corrected chi connectivity index (χ2v) is 13.0. The summed E-state index contributed by atoms with van der Waals surface area (Å²) in [6.45, 7) is 8.45. The Morgan fingerprint density at radius 1 is 0.964 bits per heavy atom. The molecule has 160 valence electrons. The minimum absolute atomic E-state index is 0.127. The Labute approximate surface area is 171 Å². The smallest absolute Gasteiger partial charge is 0.211 e. The van der Waals surface area contributed by atoms with Crippen molar-refractivity contribution in [2.45, 2.75) is 91.5 Å². The number of hydrogen-bond donors (Lipinski definition) is 1. The van der Waals surface area contributed by atoms with Gasteiger partial charge in [-0.1, -0.05) is 13.8 Å². The van der Waals surface area contributed by atoms with E-state index < -0.39 is 10.0 Å². The van der Waals surface area contributed by atoms with Gasteiger partial charge in [-0.05, 0) is 106 Å². The van der Waals surface area contributed by atoms with Gasteiger partial charge in [-0.15, -0.1) is 0 Å². The quantitative estimate of drug-likeness (QED) is 0.741. The van der Waals surface area contributed by atoms with Crippen LogP contribution in [0.4, 0.5) is 0 Å². The summed E-state index contributed by atoms with van der Waals surface area (Å²) in [5, 5.41) is 0. The Kier molecular flexibility index (Phi) is 5.27. The summed E-state index contributed by atoms with van der Waals surface area (Å²) in [4.78, 5) is 12.3. The maximum atomic E-state index is 12.3. The van der Waals surface area contributed by atoms with Crippen LogP contribution in [-0.2, 0) is 14.8 Å². The van der Waals surface area contributed by atoms with Crippen molar-refractivity contribution in [3.8, 4) is 0 Å². The molecule has 0 aromatic carbocycles. The molecule has 0 saturated heterocycles. The van der Waals surface area contributed by atoms with Crippen LogP contribution in [0.15, 0.2) is 0 Å². The van der Waals surface area contributed by atoms with Gasteiger partial charge in [-0.2, -0.15) is 0 Å². The Balaban J connectivity index is 1.51. The molecule has 5 heteroatoms. The van der Waals surface area contributed by atoms with E-state index in [2.05, 4.69) is 18.6 Å². The largest absolute Gasteiger partial charge is 0.300 e. The van der Waals surface area contributed by atoms with Gasteiger partial charge in [0.25, 0.3) is 0 Å². The lowest BCUT2D eigenvalue weighted by atomic mass is 9.44. The summed E-state index contributed by atoms with van der Waals surface area (Å²) >= 11 is 0. The molecule has 4 fully saturated rings. The van der Waals surface area contributed by atoms with Crippen molar-refractivity contribution in [3.63, 3.8) is 0 Å². The number of fused-ring (bicyclic) bond motifs is 5. The predicted molar refractivity (Wildman–Crippen MR) is 112 cm³/mol. The van der Waals surface area contributed by atoms with Crippen LogP contribution in [0, 0.1) is 40.4 Å². The summed E-state index contributed by atoms with van der Waals surface area (Å²) in [5.74, 6) is 3.76. The third-order valence-electron chi connectivity index (χ3n) is 9.88. The highest BCUT2D eigenvalue weighted by molar-refractivity contribution is 7.89. The molecule has 0 amide bonds. The monoisotopic (exact) mass is 409 g/mol. The molecule has 4 nitrogen and oxygen atoms in total. The molecular formula is C23H39NO3S. The molecule has 0 spiro atoms. The molecule has 0 aromatic rings. The van der Waals surface area contributed by atoms with Crippen molar-refractivity contribution in [2.75, 3.05) is 5.75 Å². The SMILES string of the molecule is CCS(=O)(=O)N[C@H]1CC[C@@]2(C)[C@@H](CC[C@@H]3[C@@H]2CC[C@]2(C)[C@@H](C(C)=O)CC[C@@H]32)C1. The number of hydrogen-bond acceptors (Lipinski definition) is 3. The van der Waals surface area contributed by atoms with Crippen molar-refractivity contribution in [1.29, 1.82) is 0 Å². The fourth-order valence-electron chi connectivity index (χ4n) is 8.37. The molecule has 28 heavy (non-hydrogen) atoms. The van der Waals surface area contributed by atoms with Crippen LogP contribution >= 0.6 is 0 Å². The van der Waals surface area contributed by atoms with Crippen LogP contribution in [0.3, 0.4) is 0 Å². The van der Waals surface area contributed by atoms with Crippen molar-refractivity contribution < 1.29 is 13.2 Å². The molecule has 0 aromatic heterocycles. The summed E-state index contributed by atoms with van der Waals surface area (Å²) in [6.07, 6.45) is 10.5. The number of sulfonamides is 1. The topological polar surface area (TPSA) is 63.2 Å². The van der Waals surface area contributed by atoms with Crippen molar-refractivity contribution in [2.24, 2.45) is 40.4 Å². The van der Waals surface area contributed by atoms with E-state index in [4.69, 9.17) is 0 Å². The van der Waals surface area contributed by atoms with Gasteiger partial charge >= 0.3 is 0 Å². The average Bonchev–Trinajstić information content (AvgIpc) is 2.99. The molecule has 4 aliphatic carbocycles. The van der Waals surface area contributed by atoms with Crippen molar-refractivity contribution in [1.82, 2.24) is 4.72 Å². The molecule has 4 aliphatic rings. The first-order chi connectivity index (χ1) is 13.1. The highest BCUT2D eigenvalue weighted by atomic mass is 32.2. The minimum Gasteiger partial charge on any atom is -0.300 e. The van der Waals surface area contributed by atoms with Gasteiger partial charge in [0.1, 0.15) is 5.78 Å². The minimum atomic E-state index is -3.12. The van der Waals surface area contributed by atoms with Gasteiger partial charge in [-0.3, -0.25) is 4.79 Å². The lowest BCUT2D eigenvalue weighted by molar-refractivity contribution is -0.134. The lowest BCUT2D eigenvalue weighted by Crippen LogP contribution is -2.55. The summed E-state index contributed by atoms with van der Waals surface area (Å²) in [6, 6.07) is 0.127. The zero-order chi connectivity index (χ0) is 20.3. The summed E-state index contributed by atoms with van der Waals surface area (Å²) < 4.78 is 27.0. The van der Waals surface area contributed by atoms with Gasteiger partial charge in [0.05, 0.1) is 5.75 Å². The molecule has 0 unspecified atom stereocenters. The molecule has 4 rings (SSSR count). The Morgan fingerprint density at radius 2 is 1.64 bits per heavy atom. The predicted octanol–water partition coefficient (Wildman–Crippen LogP) is 4.54. The van der Waals surface area contributed by atoms with E-state index in [9.17, 15) is 13.2 Å². The van der Waals surface area contributed by atoms with E-state index in [0.29, 0.717) is 23.0 Å². The first kappa shape index (κ1) is 20.8. The standard InChI is InChI=1S/C23H39NO3S/c1-5-28(26,27)24-17-10-12-22(3)16(14-17)6-7-18-20-9-8-19(15(2)25)23(20,4)13-11-21(18)22/h16-21,24H,5-14H2,1-4H3/t16-,17-,18-,19+,20-,21-,22-,23+/m0/s1. The zero-order valence-corrected chi connectivity index (χ0v) is 19.0. The van der Waals surface area contributed by atoms with Crippen LogP contribution in [0.25, 0.3) is 0 Å². The Hall–Kier alpha value is -0.420. The van der Waals surface area contributed by atoms with Crippen molar-refractivity contribution >= 4 is 15.8 Å². The number of Topliss-reactive ketones (excluding diaryl/α,β-unsaturated/α-hetero) is 1. The van der Waals surface area contributed by atoms with Gasteiger partial charge < -0.3 is 0 Å². The van der Waals surface area contributed by atoms with E-state index in [0.717, 1.165) is 37.5 Å². The fraction of sp³-hybridized carbons (Fsp3) is 0.957. The van der Waals surface area contributed by atoms with Gasteiger partial charge in [-0.25, -0.2) is 13.1 Å². The summed E-state index contributed by atoms with van der Waals surface area (Å²) in [7, 11) is -3.12. The zero-order valence-electron chi connectivity index (χ0n) is 18.2. The van der Waals surface area contributed by atoms with E-state index in [1.54, 1.807) is 13.8 Å². The molecule has 4 saturated carbocycles. The highest BCUT2D eigenvalue weighted by Crippen LogP contribution is 2.67. The number of ketones is 1. The fourth-order valence-corrected chi connectivity index (χ4v) is 9.26. The molecule has 0 bridgehead atoms. The highest BCUT2D eigenvalue weighted by Gasteiger charge is 2.60. The summed E-state index contributed by atoms with van der Waals surface area (Å²) in [5.41, 5.74) is 0.580. The molecular weight excluding hydrogens is 370 g/mol. The Morgan fingerprint density at radius 3 is 2.32 bits per heavy atom. The molecule has 0 radical (unpaired) electrons. The normalized spacial score (nSPS) is 48.4. The average molecular weight is 410 g/mol. The van der Waals surface area contributed by atoms with Crippen LogP contribution in [0.1, 0.15) is 85.5 Å². The Bertz CT molecular complexity index is 734. The lowest BCUT2D eigenvalue weighted by Gasteiger charge is -2.61. The third-order valence-corrected chi connectivity index (χ3v) is 11.3. The van der Waals surface area contributed by atoms with E-state index >= 15 is 0 Å². The van der Waals surface area contributed by atoms with Gasteiger partial charge in [0, 0.05) is 12.0 Å². The number of carbonyl (C=O) groups excluding carboxylic acids is 1. The number of carbonyl (C=O) groups is 1. The second-order valence-electron chi connectivity index (χ2n) is 10.9. The number of rotatable bonds is 4. The molecule has 1 N–H and O–H groups in total. The second kappa shape index (κ2) is 7.08. The van der Waals surface area contributed by atoms with Gasteiger partial charge in [0.15, 0.2) is 0 Å². The first-order valence-electron chi connectivity index (χ1n) is 11.6. The van der Waals surface area contributed by atoms with Crippen LogP contribution in [-0.4, -0.2) is 26.0 Å². The van der Waals surface area contributed by atoms with Crippen LogP contribution in [0.2, 0.25) is 0 Å². The first-order valence-corrected chi connectivity index (χ1v) is 13.3. The molecule has 0 aliphatic heterocycles. The van der Waals surface area contributed by atoms with Crippen LogP contribution in [0.5, 0.6) is 0 Å². The van der Waals surface area contributed by atoms with Gasteiger partial charge in [0.2, 0.25) is 10.0 Å². The maximum Gasteiger partial charge on any atom is 0.211 e. The van der Waals surface area contributed by atoms with E-state index in [1.165, 1.54) is 32.1 Å². The van der Waals surface area contributed by atoms with E-state index in [-0.39, 0.29) is 23.1 Å². The van der Waals surface area contributed by atoms with Crippen molar-refractivity contribution in [3.05, 3.63) is 0 Å². The molecule has 0 heterocycles. The van der Waals surface area contributed by atoms with E-state index in [1.807, 2.05) is 0 Å². The third kappa shape index (κ3) is 3.19.